The zero-order valence-corrected chi connectivity index (χ0v) is 10.7. The van der Waals surface area contributed by atoms with E-state index in [-0.39, 0.29) is 29.6 Å². The van der Waals surface area contributed by atoms with E-state index in [1.165, 1.54) is 15.2 Å². The first-order chi connectivity index (χ1) is 10.1. The SMILES string of the molecule is [N-]=[N+]=NCCn1c(=O)c2cccn2c2c(F)cc(F)cc21. The highest BCUT2D eigenvalue weighted by atomic mass is 19.1. The number of hydrogen-bond donors (Lipinski definition) is 0. The standard InChI is InChI=1S/C13H9F2N5O/c14-8-6-9(15)12-11(7-8)20(5-3-17-18-16)13(21)10-2-1-4-19(10)12/h1-2,4,6-7H,3,5H2. The van der Waals surface area contributed by atoms with Gasteiger partial charge in [-0.1, -0.05) is 5.11 Å². The Kier molecular flexibility index (Phi) is 3.08. The Morgan fingerprint density at radius 3 is 2.86 bits per heavy atom. The zero-order chi connectivity index (χ0) is 15.0. The normalized spacial score (nSPS) is 11.0. The number of hydrogen-bond acceptors (Lipinski definition) is 2. The fourth-order valence-electron chi connectivity index (χ4n) is 2.41. The molecular weight excluding hydrogens is 280 g/mol. The van der Waals surface area contributed by atoms with Gasteiger partial charge in [-0.2, -0.15) is 0 Å². The van der Waals surface area contributed by atoms with Gasteiger partial charge in [0.1, 0.15) is 16.9 Å². The van der Waals surface area contributed by atoms with E-state index >= 15 is 0 Å². The van der Waals surface area contributed by atoms with Gasteiger partial charge in [0.25, 0.3) is 5.56 Å². The van der Waals surface area contributed by atoms with Gasteiger partial charge in [0.2, 0.25) is 0 Å². The van der Waals surface area contributed by atoms with Crippen molar-refractivity contribution in [2.24, 2.45) is 5.11 Å². The maximum atomic E-state index is 14.1. The van der Waals surface area contributed by atoms with Crippen LogP contribution in [0.1, 0.15) is 0 Å². The topological polar surface area (TPSA) is 75.2 Å². The fraction of sp³-hybridized carbons (Fsp3) is 0.154. The molecule has 2 aromatic heterocycles. The van der Waals surface area contributed by atoms with Gasteiger partial charge in [-0.15, -0.1) is 0 Å². The van der Waals surface area contributed by atoms with Crippen LogP contribution in [0.2, 0.25) is 0 Å². The largest absolute Gasteiger partial charge is 0.308 e. The van der Waals surface area contributed by atoms with Gasteiger partial charge in [0.05, 0.1) is 5.52 Å². The predicted octanol–water partition coefficient (Wildman–Crippen LogP) is 2.84. The molecule has 0 radical (unpaired) electrons. The molecule has 1 aromatic carbocycles. The summed E-state index contributed by atoms with van der Waals surface area (Å²) < 4.78 is 30.2. The van der Waals surface area contributed by atoms with Crippen LogP contribution in [0.4, 0.5) is 8.78 Å². The number of fused-ring (bicyclic) bond motifs is 3. The highest BCUT2D eigenvalue weighted by Crippen LogP contribution is 2.20. The summed E-state index contributed by atoms with van der Waals surface area (Å²) in [7, 11) is 0. The second-order valence-electron chi connectivity index (χ2n) is 4.43. The molecule has 2 heterocycles. The second kappa shape index (κ2) is 4.92. The van der Waals surface area contributed by atoms with Crippen molar-refractivity contribution in [3.05, 3.63) is 62.9 Å². The number of benzene rings is 1. The summed E-state index contributed by atoms with van der Waals surface area (Å²) in [5, 5.41) is 3.35. The van der Waals surface area contributed by atoms with E-state index in [1.54, 1.807) is 12.1 Å². The maximum absolute atomic E-state index is 14.1. The van der Waals surface area contributed by atoms with E-state index in [9.17, 15) is 13.6 Å². The summed E-state index contributed by atoms with van der Waals surface area (Å²) in [6.45, 7) is 0.0600. The Morgan fingerprint density at radius 2 is 2.10 bits per heavy atom. The minimum Gasteiger partial charge on any atom is -0.308 e. The number of nitrogens with zero attached hydrogens (tertiary/aromatic N) is 5. The fourth-order valence-corrected chi connectivity index (χ4v) is 2.41. The summed E-state index contributed by atoms with van der Waals surface area (Å²) in [6, 6.07) is 5.02. The van der Waals surface area contributed by atoms with Crippen LogP contribution in [-0.4, -0.2) is 15.5 Å². The summed E-state index contributed by atoms with van der Waals surface area (Å²) in [6.07, 6.45) is 1.54. The van der Waals surface area contributed by atoms with Crippen LogP contribution in [-0.2, 0) is 6.54 Å². The summed E-state index contributed by atoms with van der Waals surface area (Å²) in [4.78, 5) is 15.0. The molecule has 0 saturated heterocycles. The Bertz CT molecular complexity index is 952. The minimum atomic E-state index is -0.775. The molecule has 3 rings (SSSR count). The molecule has 21 heavy (non-hydrogen) atoms. The minimum absolute atomic E-state index is 0.0144. The number of halogens is 2. The van der Waals surface area contributed by atoms with Crippen LogP contribution in [0.25, 0.3) is 27.0 Å². The molecule has 0 spiro atoms. The lowest BCUT2D eigenvalue weighted by molar-refractivity contribution is 0.585. The third-order valence-corrected chi connectivity index (χ3v) is 3.24. The van der Waals surface area contributed by atoms with Gasteiger partial charge in [0.15, 0.2) is 5.82 Å². The highest BCUT2D eigenvalue weighted by molar-refractivity contribution is 5.79. The lowest BCUT2D eigenvalue weighted by atomic mass is 10.2. The summed E-state index contributed by atoms with van der Waals surface area (Å²) in [5.41, 5.74) is 8.40. The van der Waals surface area contributed by atoms with E-state index in [2.05, 4.69) is 10.0 Å². The highest BCUT2D eigenvalue weighted by Gasteiger charge is 2.14. The van der Waals surface area contributed by atoms with E-state index < -0.39 is 17.2 Å². The number of azide groups is 1. The first-order valence-electron chi connectivity index (χ1n) is 6.13. The van der Waals surface area contributed by atoms with Crippen LogP contribution in [0.15, 0.2) is 40.4 Å². The van der Waals surface area contributed by atoms with Crippen LogP contribution in [0, 0.1) is 11.6 Å². The third kappa shape index (κ3) is 2.02. The second-order valence-corrected chi connectivity index (χ2v) is 4.43. The molecule has 0 aliphatic rings. The number of rotatable bonds is 3. The Balaban J connectivity index is 2.44. The molecule has 0 aliphatic heterocycles. The Morgan fingerprint density at radius 1 is 1.29 bits per heavy atom. The lowest BCUT2D eigenvalue weighted by Gasteiger charge is -2.12. The molecule has 0 atom stereocenters. The Labute approximate surface area is 116 Å². The molecule has 106 valence electrons. The van der Waals surface area contributed by atoms with Gasteiger partial charge in [0, 0.05) is 30.3 Å². The van der Waals surface area contributed by atoms with Crippen molar-refractivity contribution in [1.29, 1.82) is 0 Å². The van der Waals surface area contributed by atoms with Crippen molar-refractivity contribution in [2.75, 3.05) is 6.54 Å². The Hall–Kier alpha value is -2.86. The summed E-state index contributed by atoms with van der Waals surface area (Å²) in [5.74, 6) is -1.54. The number of aromatic nitrogens is 2. The van der Waals surface area contributed by atoms with E-state index in [4.69, 9.17) is 5.53 Å². The maximum Gasteiger partial charge on any atom is 0.275 e. The van der Waals surface area contributed by atoms with Gasteiger partial charge in [-0.25, -0.2) is 8.78 Å². The van der Waals surface area contributed by atoms with Crippen molar-refractivity contribution < 1.29 is 8.78 Å². The third-order valence-electron chi connectivity index (χ3n) is 3.24. The van der Waals surface area contributed by atoms with Crippen molar-refractivity contribution in [3.63, 3.8) is 0 Å². The van der Waals surface area contributed by atoms with E-state index in [0.29, 0.717) is 0 Å². The quantitative estimate of drug-likeness (QED) is 0.415. The molecule has 0 fully saturated rings. The van der Waals surface area contributed by atoms with Crippen molar-refractivity contribution in [2.45, 2.75) is 6.54 Å². The molecule has 8 heteroatoms. The van der Waals surface area contributed by atoms with Crippen molar-refractivity contribution >= 4 is 16.6 Å². The van der Waals surface area contributed by atoms with E-state index in [1.807, 2.05) is 0 Å². The smallest absolute Gasteiger partial charge is 0.275 e. The molecule has 3 aromatic rings. The lowest BCUT2D eigenvalue weighted by Crippen LogP contribution is -2.24. The molecular formula is C13H9F2N5O. The first-order valence-corrected chi connectivity index (χ1v) is 6.13. The van der Waals surface area contributed by atoms with Crippen LogP contribution in [0.3, 0.4) is 0 Å². The summed E-state index contributed by atoms with van der Waals surface area (Å²) >= 11 is 0. The van der Waals surface area contributed by atoms with Crippen molar-refractivity contribution in [3.8, 4) is 0 Å². The van der Waals surface area contributed by atoms with Crippen LogP contribution in [0.5, 0.6) is 0 Å². The predicted molar refractivity (Wildman–Crippen MR) is 73.1 cm³/mol. The first kappa shape index (κ1) is 13.1. The molecule has 6 nitrogen and oxygen atoms in total. The van der Waals surface area contributed by atoms with Gasteiger partial charge in [-0.3, -0.25) is 4.79 Å². The van der Waals surface area contributed by atoms with Crippen molar-refractivity contribution in [1.82, 2.24) is 8.97 Å². The van der Waals surface area contributed by atoms with Gasteiger partial charge >= 0.3 is 0 Å². The monoisotopic (exact) mass is 289 g/mol. The molecule has 0 saturated carbocycles. The van der Waals surface area contributed by atoms with Gasteiger partial charge < -0.3 is 8.97 Å². The average molecular weight is 289 g/mol. The molecule has 0 amide bonds. The zero-order valence-electron chi connectivity index (χ0n) is 10.7. The molecule has 0 bridgehead atoms. The molecule has 0 N–H and O–H groups in total. The molecule has 0 aliphatic carbocycles. The van der Waals surface area contributed by atoms with Gasteiger partial charge in [-0.05, 0) is 23.7 Å². The van der Waals surface area contributed by atoms with Crippen LogP contribution < -0.4 is 5.56 Å². The average Bonchev–Trinajstić information content (AvgIpc) is 2.91. The van der Waals surface area contributed by atoms with E-state index in [0.717, 1.165) is 12.1 Å². The molecule has 0 unspecified atom stereocenters. The van der Waals surface area contributed by atoms with Crippen LogP contribution >= 0.6 is 0 Å².